The maximum atomic E-state index is 12.5. The zero-order valence-electron chi connectivity index (χ0n) is 32.3. The Balaban J connectivity index is 0.000000342. The Morgan fingerprint density at radius 1 is 0.451 bits per heavy atom. The predicted molar refractivity (Wildman–Crippen MR) is 210 cm³/mol. The van der Waals surface area contributed by atoms with Crippen LogP contribution in [0.3, 0.4) is 0 Å². The molecule has 4 aromatic rings. The molecule has 8 N–H and O–H groups in total. The third-order valence-corrected chi connectivity index (χ3v) is 7.67. The molecule has 0 fully saturated rings. The number of non-ortho nitro benzene ring substituents is 1. The molecule has 7 nitrogen and oxygen atoms in total. The first-order valence-corrected chi connectivity index (χ1v) is 16.7. The van der Waals surface area contributed by atoms with E-state index in [1.54, 1.807) is 24.3 Å². The molecule has 0 unspecified atom stereocenters. The van der Waals surface area contributed by atoms with Gasteiger partial charge in [-0.05, 0) is 92.4 Å². The summed E-state index contributed by atoms with van der Waals surface area (Å²) >= 11 is 0. The number of nitro benzene ring substituents is 1. The molecule has 51 heavy (non-hydrogen) atoms. The highest BCUT2D eigenvalue weighted by molar-refractivity contribution is 5.55. The highest BCUT2D eigenvalue weighted by Gasteiger charge is 2.32. The second-order valence-corrected chi connectivity index (χ2v) is 16.7. The first-order valence-electron chi connectivity index (χ1n) is 16.7. The molecule has 10 heteroatoms. The molecule has 0 radical (unpaired) electrons. The van der Waals surface area contributed by atoms with Crippen LogP contribution in [0, 0.1) is 10.1 Å². The molecule has 0 spiro atoms. The minimum absolute atomic E-state index is 0.0357. The number of hydrogen-bond donors (Lipinski definition) is 4. The molecule has 0 heterocycles. The molecule has 4 rings (SSSR count). The molecule has 0 aliphatic carbocycles. The van der Waals surface area contributed by atoms with Crippen molar-refractivity contribution in [3.05, 3.63) is 123 Å². The van der Waals surface area contributed by atoms with E-state index in [9.17, 15) is 23.3 Å². The summed E-state index contributed by atoms with van der Waals surface area (Å²) in [6, 6.07) is 24.2. The maximum absolute atomic E-state index is 12.5. The zero-order chi connectivity index (χ0) is 39.8. The fraction of sp³-hybridized carbons (Fsp3) is 0.415. The Hall–Kier alpha value is -4.73. The number of benzene rings is 4. The van der Waals surface area contributed by atoms with Crippen LogP contribution >= 0.6 is 0 Å². The minimum Gasteiger partial charge on any atom is -0.399 e. The van der Waals surface area contributed by atoms with Crippen molar-refractivity contribution >= 4 is 28.4 Å². The van der Waals surface area contributed by atoms with Gasteiger partial charge in [-0.1, -0.05) is 107 Å². The van der Waals surface area contributed by atoms with E-state index in [4.69, 9.17) is 22.9 Å². The fourth-order valence-corrected chi connectivity index (χ4v) is 4.45. The van der Waals surface area contributed by atoms with Crippen molar-refractivity contribution in [2.75, 3.05) is 22.9 Å². The van der Waals surface area contributed by atoms with Gasteiger partial charge in [0.25, 0.3) is 5.69 Å². The summed E-state index contributed by atoms with van der Waals surface area (Å²) in [5, 5.41) is 10.5. The van der Waals surface area contributed by atoms with Gasteiger partial charge in [0, 0.05) is 34.9 Å². The Kier molecular flexibility index (Phi) is 14.8. The molecule has 0 saturated heterocycles. The molecule has 0 amide bonds. The molecule has 0 atom stereocenters. The first-order chi connectivity index (χ1) is 22.9. The number of alkyl halides is 3. The Bertz CT molecular complexity index is 1690. The summed E-state index contributed by atoms with van der Waals surface area (Å²) < 4.78 is 37.4. The highest BCUT2D eigenvalue weighted by Crippen LogP contribution is 2.34. The zero-order valence-corrected chi connectivity index (χ0v) is 32.3. The number of anilines is 4. The quantitative estimate of drug-likeness (QED) is 0.0878. The molecule has 0 bridgehead atoms. The van der Waals surface area contributed by atoms with E-state index in [2.05, 4.69) is 47.6 Å². The first kappa shape index (κ1) is 44.3. The van der Waals surface area contributed by atoms with Gasteiger partial charge in [-0.15, -0.1) is 0 Å². The Morgan fingerprint density at radius 3 is 1.14 bits per heavy atom. The lowest BCUT2D eigenvalue weighted by Crippen LogP contribution is -2.14. The number of nitrogen functional groups attached to an aromatic ring is 4. The summed E-state index contributed by atoms with van der Waals surface area (Å²) in [5.41, 5.74) is 28.4. The van der Waals surface area contributed by atoms with Gasteiger partial charge in [0.05, 0.1) is 10.5 Å². The second kappa shape index (κ2) is 17.0. The van der Waals surface area contributed by atoms with E-state index in [1.807, 2.05) is 77.9 Å². The fourth-order valence-electron chi connectivity index (χ4n) is 4.45. The van der Waals surface area contributed by atoms with E-state index in [-0.39, 0.29) is 38.0 Å². The van der Waals surface area contributed by atoms with E-state index in [0.717, 1.165) is 34.8 Å². The topological polar surface area (TPSA) is 147 Å². The van der Waals surface area contributed by atoms with Crippen molar-refractivity contribution < 1.29 is 18.1 Å². The van der Waals surface area contributed by atoms with Crippen LogP contribution in [-0.2, 0) is 27.8 Å². The highest BCUT2D eigenvalue weighted by atomic mass is 19.4. The molecular formula is C41H58F3N5O2. The summed E-state index contributed by atoms with van der Waals surface area (Å²) in [4.78, 5) is 10.1. The van der Waals surface area contributed by atoms with Crippen LogP contribution in [0.15, 0.2) is 84.9 Å². The lowest BCUT2D eigenvalue weighted by atomic mass is 9.86. The van der Waals surface area contributed by atoms with Crippen LogP contribution in [0.1, 0.15) is 111 Å². The van der Waals surface area contributed by atoms with Crippen LogP contribution in [-0.4, -0.2) is 4.92 Å². The van der Waals surface area contributed by atoms with Crippen molar-refractivity contribution in [2.45, 2.75) is 111 Å². The molecule has 0 aromatic heterocycles. The van der Waals surface area contributed by atoms with Crippen molar-refractivity contribution in [3.63, 3.8) is 0 Å². The van der Waals surface area contributed by atoms with Gasteiger partial charge in [-0.3, -0.25) is 10.1 Å². The van der Waals surface area contributed by atoms with Gasteiger partial charge in [0.1, 0.15) is 0 Å². The van der Waals surface area contributed by atoms with Crippen LogP contribution in [0.25, 0.3) is 0 Å². The lowest BCUT2D eigenvalue weighted by molar-refractivity contribution is -0.385. The number of halogens is 3. The summed E-state index contributed by atoms with van der Waals surface area (Å²) in [6.07, 6.45) is -4.34. The number of nitrogens with zero attached hydrogens (tertiary/aromatic N) is 1. The van der Waals surface area contributed by atoms with Gasteiger partial charge in [0.2, 0.25) is 0 Å². The van der Waals surface area contributed by atoms with Crippen molar-refractivity contribution in [2.24, 2.45) is 0 Å². The van der Waals surface area contributed by atoms with E-state index in [0.29, 0.717) is 5.56 Å². The standard InChI is InChI=1S/C11H14F3N.C10H16N2.C10H13NO2.C10H15N/c1-10(2,3)7-4-8(11(12,13)14)6-9(15)5-7;1-10(2,3)7-4-8(11)6-9(12)5-7;1-10(2,3)8-5-4-6-9(7-8)11(12)13;1-10(2,3)8-5-4-6-9(11)7-8/h4-6H,15H2,1-3H3;4-6H,11-12H2,1-3H3;4-7H,1-3H3;4-7H,11H2,1-3H3. The second-order valence-electron chi connectivity index (χ2n) is 16.7. The average molecular weight is 710 g/mol. The molecule has 0 aliphatic heterocycles. The third-order valence-electron chi connectivity index (χ3n) is 7.67. The molecular weight excluding hydrogens is 651 g/mol. The smallest absolute Gasteiger partial charge is 0.399 e. The monoisotopic (exact) mass is 709 g/mol. The van der Waals surface area contributed by atoms with E-state index < -0.39 is 11.7 Å². The van der Waals surface area contributed by atoms with Gasteiger partial charge < -0.3 is 22.9 Å². The number of nitro groups is 1. The van der Waals surface area contributed by atoms with Crippen LogP contribution in [0.4, 0.5) is 41.6 Å². The minimum atomic E-state index is -4.34. The van der Waals surface area contributed by atoms with Crippen molar-refractivity contribution in [3.8, 4) is 0 Å². The normalized spacial score (nSPS) is 11.9. The maximum Gasteiger partial charge on any atom is 0.416 e. The van der Waals surface area contributed by atoms with E-state index in [1.165, 1.54) is 17.2 Å². The SMILES string of the molecule is CC(C)(C)c1cc(N)cc(C(F)(F)F)c1.CC(C)(C)c1cc(N)cc(N)c1.CC(C)(C)c1cccc(N)c1.CC(C)(C)c1cccc([N+](=O)[O-])c1. The van der Waals surface area contributed by atoms with Crippen molar-refractivity contribution in [1.29, 1.82) is 0 Å². The van der Waals surface area contributed by atoms with Crippen LogP contribution in [0.2, 0.25) is 0 Å². The van der Waals surface area contributed by atoms with Gasteiger partial charge in [0.15, 0.2) is 0 Å². The Morgan fingerprint density at radius 2 is 0.784 bits per heavy atom. The van der Waals surface area contributed by atoms with Gasteiger partial charge in [-0.2, -0.15) is 13.2 Å². The van der Waals surface area contributed by atoms with Gasteiger partial charge >= 0.3 is 6.18 Å². The van der Waals surface area contributed by atoms with E-state index >= 15 is 0 Å². The molecule has 0 saturated carbocycles. The van der Waals surface area contributed by atoms with Crippen LogP contribution < -0.4 is 22.9 Å². The number of rotatable bonds is 1. The Labute approximate surface area is 302 Å². The summed E-state index contributed by atoms with van der Waals surface area (Å²) in [6.45, 7) is 24.6. The average Bonchev–Trinajstić information content (AvgIpc) is 2.95. The van der Waals surface area contributed by atoms with Gasteiger partial charge in [-0.25, -0.2) is 0 Å². The lowest BCUT2D eigenvalue weighted by Gasteiger charge is -2.21. The van der Waals surface area contributed by atoms with Crippen molar-refractivity contribution in [1.82, 2.24) is 0 Å². The molecule has 4 aromatic carbocycles. The predicted octanol–water partition coefficient (Wildman–Crippen LogP) is 11.2. The number of hydrogen-bond acceptors (Lipinski definition) is 6. The third kappa shape index (κ3) is 15.8. The number of nitrogens with two attached hydrogens (primary N) is 4. The van der Waals surface area contributed by atoms with Crippen LogP contribution in [0.5, 0.6) is 0 Å². The molecule has 280 valence electrons. The largest absolute Gasteiger partial charge is 0.416 e. The molecule has 0 aliphatic rings. The summed E-state index contributed by atoms with van der Waals surface area (Å²) in [5.74, 6) is 0. The summed E-state index contributed by atoms with van der Waals surface area (Å²) in [7, 11) is 0.